The number of tetrazole rings is 1. The molecule has 0 aromatic carbocycles. The fourth-order valence-corrected chi connectivity index (χ4v) is 2.08. The highest BCUT2D eigenvalue weighted by Crippen LogP contribution is 2.14. The van der Waals surface area contributed by atoms with Gasteiger partial charge in [-0.2, -0.15) is 4.80 Å². The molecule has 1 saturated heterocycles. The first-order valence-electron chi connectivity index (χ1n) is 6.18. The number of hydrogen-bond acceptors (Lipinski definition) is 5. The van der Waals surface area contributed by atoms with Crippen molar-refractivity contribution in [2.75, 3.05) is 31.5 Å². The van der Waals surface area contributed by atoms with Crippen molar-refractivity contribution in [3.8, 4) is 0 Å². The number of nitrogens with zero attached hydrogens (tertiary/aromatic N) is 5. The maximum absolute atomic E-state index is 11.6. The van der Waals surface area contributed by atoms with Crippen molar-refractivity contribution in [3.05, 3.63) is 0 Å². The third-order valence-electron chi connectivity index (χ3n) is 3.10. The average Bonchev–Trinajstić information content (AvgIpc) is 2.95. The number of rotatable bonds is 4. The summed E-state index contributed by atoms with van der Waals surface area (Å²) in [6.07, 6.45) is 1.14. The Hall–Kier alpha value is -1.70. The standard InChI is InChI=1S/C10H19N7O/c1-3-17-5-4-8(7-17)6-11-10(18)12-9-13-15-16(2)14-9/h8H,3-7H2,1-2H3,(H2,11,12,14,18). The normalized spacial score (nSPS) is 20.0. The van der Waals surface area contributed by atoms with E-state index in [2.05, 4.69) is 37.9 Å². The van der Waals surface area contributed by atoms with Crippen LogP contribution in [0.4, 0.5) is 10.7 Å². The molecule has 1 unspecified atom stereocenters. The first kappa shape index (κ1) is 12.7. The topological polar surface area (TPSA) is 88.0 Å². The summed E-state index contributed by atoms with van der Waals surface area (Å²) in [5.74, 6) is 0.752. The van der Waals surface area contributed by atoms with Gasteiger partial charge in [-0.25, -0.2) is 4.79 Å². The van der Waals surface area contributed by atoms with Crippen LogP contribution in [0.3, 0.4) is 0 Å². The van der Waals surface area contributed by atoms with Crippen molar-refractivity contribution in [2.45, 2.75) is 13.3 Å². The van der Waals surface area contributed by atoms with Crippen molar-refractivity contribution in [2.24, 2.45) is 13.0 Å². The van der Waals surface area contributed by atoms with E-state index in [9.17, 15) is 4.79 Å². The maximum Gasteiger partial charge on any atom is 0.321 e. The summed E-state index contributed by atoms with van der Waals surface area (Å²) in [6.45, 7) is 6.09. The number of anilines is 1. The minimum absolute atomic E-state index is 0.219. The summed E-state index contributed by atoms with van der Waals surface area (Å²) in [4.78, 5) is 15.3. The van der Waals surface area contributed by atoms with Crippen LogP contribution < -0.4 is 10.6 Å². The first-order chi connectivity index (χ1) is 8.67. The van der Waals surface area contributed by atoms with Gasteiger partial charge in [0.05, 0.1) is 7.05 Å². The van der Waals surface area contributed by atoms with Crippen LogP contribution in [-0.2, 0) is 7.05 Å². The molecule has 1 aliphatic heterocycles. The van der Waals surface area contributed by atoms with E-state index in [1.165, 1.54) is 4.80 Å². The second-order valence-electron chi connectivity index (χ2n) is 4.49. The molecule has 1 aromatic rings. The smallest absolute Gasteiger partial charge is 0.321 e. The number of aryl methyl sites for hydroxylation is 1. The lowest BCUT2D eigenvalue weighted by molar-refractivity contribution is 0.249. The monoisotopic (exact) mass is 253 g/mol. The van der Waals surface area contributed by atoms with Crippen LogP contribution in [0.15, 0.2) is 0 Å². The van der Waals surface area contributed by atoms with Gasteiger partial charge in [0.15, 0.2) is 0 Å². The van der Waals surface area contributed by atoms with E-state index in [1.807, 2.05) is 0 Å². The van der Waals surface area contributed by atoms with Crippen LogP contribution >= 0.6 is 0 Å². The third kappa shape index (κ3) is 3.39. The number of likely N-dealkylation sites (tertiary alicyclic amines) is 1. The summed E-state index contributed by atoms with van der Waals surface area (Å²) < 4.78 is 0. The van der Waals surface area contributed by atoms with Crippen molar-refractivity contribution in [1.29, 1.82) is 0 Å². The molecule has 8 heteroatoms. The van der Waals surface area contributed by atoms with Gasteiger partial charge in [-0.15, -0.1) is 5.10 Å². The SMILES string of the molecule is CCN1CCC(CNC(=O)Nc2nnn(C)n2)C1. The molecule has 0 radical (unpaired) electrons. The van der Waals surface area contributed by atoms with Crippen LogP contribution in [0.5, 0.6) is 0 Å². The lowest BCUT2D eigenvalue weighted by Gasteiger charge is -2.13. The molecule has 0 saturated carbocycles. The Labute approximate surface area is 106 Å². The van der Waals surface area contributed by atoms with Gasteiger partial charge >= 0.3 is 6.03 Å². The predicted octanol–water partition coefficient (Wildman–Crippen LogP) is -0.327. The third-order valence-corrected chi connectivity index (χ3v) is 3.10. The first-order valence-corrected chi connectivity index (χ1v) is 6.18. The number of carbonyl (C=O) groups is 1. The van der Waals surface area contributed by atoms with Crippen LogP contribution in [-0.4, -0.2) is 57.3 Å². The molecule has 2 N–H and O–H groups in total. The summed E-state index contributed by atoms with van der Waals surface area (Å²) in [6, 6.07) is -0.280. The van der Waals surface area contributed by atoms with Crippen LogP contribution in [0, 0.1) is 5.92 Å². The van der Waals surface area contributed by atoms with Crippen molar-refractivity contribution >= 4 is 12.0 Å². The highest BCUT2D eigenvalue weighted by molar-refractivity contribution is 5.87. The molecule has 1 atom stereocenters. The maximum atomic E-state index is 11.6. The number of nitrogens with one attached hydrogen (secondary N) is 2. The summed E-state index contributed by atoms with van der Waals surface area (Å²) in [5, 5.41) is 16.6. The fraction of sp³-hybridized carbons (Fsp3) is 0.800. The van der Waals surface area contributed by atoms with E-state index in [4.69, 9.17) is 0 Å². The number of carbonyl (C=O) groups excluding carboxylic acids is 1. The predicted molar refractivity (Wildman–Crippen MR) is 66.0 cm³/mol. The zero-order valence-corrected chi connectivity index (χ0v) is 10.8. The van der Waals surface area contributed by atoms with Gasteiger partial charge < -0.3 is 10.2 Å². The van der Waals surface area contributed by atoms with Crippen molar-refractivity contribution in [3.63, 3.8) is 0 Å². The Morgan fingerprint density at radius 3 is 3.00 bits per heavy atom. The second kappa shape index (κ2) is 5.76. The van der Waals surface area contributed by atoms with E-state index < -0.39 is 0 Å². The summed E-state index contributed by atoms with van der Waals surface area (Å²) in [7, 11) is 1.65. The van der Waals surface area contributed by atoms with Gasteiger partial charge in [-0.05, 0) is 30.6 Å². The summed E-state index contributed by atoms with van der Waals surface area (Å²) in [5.41, 5.74) is 0. The number of amides is 2. The van der Waals surface area contributed by atoms with Gasteiger partial charge in [0.2, 0.25) is 0 Å². The van der Waals surface area contributed by atoms with E-state index in [0.29, 0.717) is 12.5 Å². The quantitative estimate of drug-likeness (QED) is 0.767. The van der Waals surface area contributed by atoms with E-state index in [1.54, 1.807) is 7.05 Å². The van der Waals surface area contributed by atoms with E-state index >= 15 is 0 Å². The van der Waals surface area contributed by atoms with Crippen LogP contribution in [0.25, 0.3) is 0 Å². The Balaban J connectivity index is 1.69. The van der Waals surface area contributed by atoms with E-state index in [0.717, 1.165) is 26.1 Å². The molecule has 1 aliphatic rings. The van der Waals surface area contributed by atoms with Crippen molar-refractivity contribution in [1.82, 2.24) is 30.4 Å². The van der Waals surface area contributed by atoms with Gasteiger partial charge in [-0.1, -0.05) is 12.0 Å². The van der Waals surface area contributed by atoms with Gasteiger partial charge in [0, 0.05) is 13.1 Å². The lowest BCUT2D eigenvalue weighted by atomic mass is 10.1. The lowest BCUT2D eigenvalue weighted by Crippen LogP contribution is -2.34. The highest BCUT2D eigenvalue weighted by atomic mass is 16.2. The molecule has 100 valence electrons. The average molecular weight is 253 g/mol. The zero-order chi connectivity index (χ0) is 13.0. The number of urea groups is 1. The van der Waals surface area contributed by atoms with Crippen LogP contribution in [0.2, 0.25) is 0 Å². The van der Waals surface area contributed by atoms with Crippen LogP contribution in [0.1, 0.15) is 13.3 Å². The zero-order valence-electron chi connectivity index (χ0n) is 10.8. The Morgan fingerprint density at radius 2 is 2.39 bits per heavy atom. The molecule has 8 nitrogen and oxygen atoms in total. The van der Waals surface area contributed by atoms with E-state index in [-0.39, 0.29) is 12.0 Å². The molecular formula is C10H19N7O. The molecule has 1 fully saturated rings. The Kier molecular flexibility index (Phi) is 4.08. The molecule has 0 aliphatic carbocycles. The van der Waals surface area contributed by atoms with Gasteiger partial charge in [0.25, 0.3) is 5.95 Å². The minimum Gasteiger partial charge on any atom is -0.337 e. The second-order valence-corrected chi connectivity index (χ2v) is 4.49. The number of hydrogen-bond donors (Lipinski definition) is 2. The minimum atomic E-state index is -0.280. The molecule has 0 bridgehead atoms. The molecule has 2 amide bonds. The summed E-state index contributed by atoms with van der Waals surface area (Å²) >= 11 is 0. The Bertz CT molecular complexity index is 405. The van der Waals surface area contributed by atoms with Gasteiger partial charge in [0.1, 0.15) is 0 Å². The molecule has 2 heterocycles. The molecular weight excluding hydrogens is 234 g/mol. The highest BCUT2D eigenvalue weighted by Gasteiger charge is 2.21. The fourth-order valence-electron chi connectivity index (χ4n) is 2.08. The van der Waals surface area contributed by atoms with Crippen molar-refractivity contribution < 1.29 is 4.79 Å². The van der Waals surface area contributed by atoms with Gasteiger partial charge in [-0.3, -0.25) is 5.32 Å². The number of aromatic nitrogens is 4. The molecule has 18 heavy (non-hydrogen) atoms. The molecule has 0 spiro atoms. The largest absolute Gasteiger partial charge is 0.337 e. The molecule has 1 aromatic heterocycles. The Morgan fingerprint density at radius 1 is 1.56 bits per heavy atom. The molecule has 2 rings (SSSR count).